The highest BCUT2D eigenvalue weighted by Crippen LogP contribution is 2.29. The van der Waals surface area contributed by atoms with Gasteiger partial charge in [-0.1, -0.05) is 41.4 Å². The molecule has 90 valence electrons. The molecule has 18 heavy (non-hydrogen) atoms. The molecule has 0 saturated carbocycles. The molecule has 0 aliphatic carbocycles. The van der Waals surface area contributed by atoms with Crippen LogP contribution in [0.4, 0.5) is 5.69 Å². The third kappa shape index (κ3) is 1.78. The minimum Gasteiger partial charge on any atom is -0.286 e. The van der Waals surface area contributed by atoms with E-state index in [0.29, 0.717) is 10.0 Å². The molecule has 1 heterocycles. The van der Waals surface area contributed by atoms with Gasteiger partial charge in [0.05, 0.1) is 15.6 Å². The van der Waals surface area contributed by atoms with E-state index in [1.807, 2.05) is 34.9 Å². The van der Waals surface area contributed by atoms with Crippen molar-refractivity contribution in [1.29, 1.82) is 0 Å². The molecule has 0 radical (unpaired) electrons. The lowest BCUT2D eigenvalue weighted by Crippen LogP contribution is -2.19. The molecule has 0 bridgehead atoms. The molecule has 1 aliphatic heterocycles. The lowest BCUT2D eigenvalue weighted by molar-refractivity contribution is -0.453. The largest absolute Gasteiger partial charge is 0.286 e. The quantitative estimate of drug-likeness (QED) is 0.794. The maximum absolute atomic E-state index is 6.18. The number of benzene rings is 2. The Labute approximate surface area is 115 Å². The Bertz CT molecular complexity index is 663. The third-order valence-corrected chi connectivity index (χ3v) is 3.87. The van der Waals surface area contributed by atoms with Crippen molar-refractivity contribution >= 4 is 34.7 Å². The third-order valence-electron chi connectivity index (χ3n) is 3.13. The van der Waals surface area contributed by atoms with E-state index in [-0.39, 0.29) is 0 Å². The number of amidine groups is 1. The SMILES string of the molecule is NC1=[N+](c2ccc(Cl)c(Cl)c2)Cc2ccccc21. The summed E-state index contributed by atoms with van der Waals surface area (Å²) in [7, 11) is 0. The zero-order valence-corrected chi connectivity index (χ0v) is 11.0. The number of fused-ring (bicyclic) bond motifs is 1. The van der Waals surface area contributed by atoms with Gasteiger partial charge in [-0.15, -0.1) is 0 Å². The molecule has 0 amide bonds. The summed E-state index contributed by atoms with van der Waals surface area (Å²) in [6, 6.07) is 13.7. The van der Waals surface area contributed by atoms with Crippen molar-refractivity contribution in [2.45, 2.75) is 6.54 Å². The summed E-state index contributed by atoms with van der Waals surface area (Å²) in [4.78, 5) is 0. The van der Waals surface area contributed by atoms with Gasteiger partial charge in [-0.2, -0.15) is 0 Å². The summed E-state index contributed by atoms with van der Waals surface area (Å²) in [5, 5.41) is 1.09. The maximum atomic E-state index is 6.18. The zero-order valence-electron chi connectivity index (χ0n) is 9.53. The molecule has 2 N–H and O–H groups in total. The summed E-state index contributed by atoms with van der Waals surface area (Å²) >= 11 is 12.0. The van der Waals surface area contributed by atoms with Crippen molar-refractivity contribution in [1.82, 2.24) is 0 Å². The smallest absolute Gasteiger partial charge is 0.280 e. The van der Waals surface area contributed by atoms with Crippen LogP contribution in [0.3, 0.4) is 0 Å². The van der Waals surface area contributed by atoms with E-state index in [9.17, 15) is 0 Å². The predicted octanol–water partition coefficient (Wildman–Crippen LogP) is 3.56. The lowest BCUT2D eigenvalue weighted by Gasteiger charge is -2.04. The van der Waals surface area contributed by atoms with Crippen LogP contribution in [-0.4, -0.2) is 10.4 Å². The van der Waals surface area contributed by atoms with E-state index >= 15 is 0 Å². The number of rotatable bonds is 1. The van der Waals surface area contributed by atoms with Crippen molar-refractivity contribution < 1.29 is 4.58 Å². The molecular formula is C14H11Cl2N2+. The van der Waals surface area contributed by atoms with Crippen LogP contribution in [-0.2, 0) is 6.54 Å². The maximum Gasteiger partial charge on any atom is 0.280 e. The molecule has 3 rings (SSSR count). The van der Waals surface area contributed by atoms with Crippen LogP contribution in [0.2, 0.25) is 10.0 Å². The van der Waals surface area contributed by atoms with Gasteiger partial charge >= 0.3 is 0 Å². The fraction of sp³-hybridized carbons (Fsp3) is 0.0714. The molecule has 0 saturated heterocycles. The fourth-order valence-corrected chi connectivity index (χ4v) is 2.48. The standard InChI is InChI=1S/C14H10Cl2N2/c15-12-6-5-10(7-13(12)16)18-8-9-3-1-2-4-11(9)14(18)17/h1-7,17H,8H2/p+1. The molecule has 1 aliphatic rings. The Kier molecular flexibility index (Phi) is 2.77. The molecule has 2 aromatic carbocycles. The molecular weight excluding hydrogens is 267 g/mol. The van der Waals surface area contributed by atoms with Gasteiger partial charge < -0.3 is 0 Å². The van der Waals surface area contributed by atoms with Gasteiger partial charge in [-0.05, 0) is 18.2 Å². The van der Waals surface area contributed by atoms with E-state index in [4.69, 9.17) is 28.9 Å². The summed E-state index contributed by atoms with van der Waals surface area (Å²) in [6.07, 6.45) is 0. The Balaban J connectivity index is 2.10. The van der Waals surface area contributed by atoms with Gasteiger partial charge in [0.25, 0.3) is 5.84 Å². The van der Waals surface area contributed by atoms with Gasteiger partial charge in [0.1, 0.15) is 12.2 Å². The van der Waals surface area contributed by atoms with Crippen LogP contribution >= 0.6 is 23.2 Å². The van der Waals surface area contributed by atoms with Crippen molar-refractivity contribution in [2.75, 3.05) is 0 Å². The van der Waals surface area contributed by atoms with E-state index in [1.54, 1.807) is 6.07 Å². The minimum absolute atomic E-state index is 0.540. The van der Waals surface area contributed by atoms with Crippen LogP contribution in [0.25, 0.3) is 0 Å². The fourth-order valence-electron chi connectivity index (χ4n) is 2.19. The highest BCUT2D eigenvalue weighted by Gasteiger charge is 2.25. The summed E-state index contributed by atoms with van der Waals surface area (Å²) in [6.45, 7) is 0.764. The van der Waals surface area contributed by atoms with Crippen LogP contribution in [0.15, 0.2) is 42.5 Å². The Morgan fingerprint density at radius 1 is 1.00 bits per heavy atom. The first-order valence-corrected chi connectivity index (χ1v) is 6.35. The summed E-state index contributed by atoms with van der Waals surface area (Å²) in [5.41, 5.74) is 9.44. The Morgan fingerprint density at radius 3 is 2.50 bits per heavy atom. The Morgan fingerprint density at radius 2 is 1.78 bits per heavy atom. The summed E-state index contributed by atoms with van der Waals surface area (Å²) < 4.78 is 2.03. The first-order chi connectivity index (χ1) is 8.66. The summed E-state index contributed by atoms with van der Waals surface area (Å²) in [5.74, 6) is 0.754. The minimum atomic E-state index is 0.540. The van der Waals surface area contributed by atoms with Crippen molar-refractivity contribution in [3.05, 3.63) is 63.6 Å². The molecule has 0 unspecified atom stereocenters. The van der Waals surface area contributed by atoms with Crippen LogP contribution < -0.4 is 5.73 Å². The van der Waals surface area contributed by atoms with Gasteiger partial charge in [0.2, 0.25) is 0 Å². The van der Waals surface area contributed by atoms with Gasteiger partial charge in [0.15, 0.2) is 0 Å². The molecule has 0 fully saturated rings. The first-order valence-electron chi connectivity index (χ1n) is 5.60. The second kappa shape index (κ2) is 4.30. The molecule has 2 nitrogen and oxygen atoms in total. The first kappa shape index (κ1) is 11.6. The van der Waals surface area contributed by atoms with Gasteiger partial charge in [0, 0.05) is 11.6 Å². The number of nitrogens with two attached hydrogens (primary N) is 1. The van der Waals surface area contributed by atoms with E-state index in [2.05, 4.69) is 6.07 Å². The van der Waals surface area contributed by atoms with Crippen molar-refractivity contribution in [3.63, 3.8) is 0 Å². The lowest BCUT2D eigenvalue weighted by atomic mass is 10.1. The van der Waals surface area contributed by atoms with Crippen molar-refractivity contribution in [2.24, 2.45) is 5.73 Å². The number of hydrogen-bond donors (Lipinski definition) is 1. The zero-order chi connectivity index (χ0) is 12.7. The van der Waals surface area contributed by atoms with E-state index in [0.717, 1.165) is 23.6 Å². The molecule has 2 aromatic rings. The van der Waals surface area contributed by atoms with Gasteiger partial charge in [-0.3, -0.25) is 5.73 Å². The number of halogens is 2. The monoisotopic (exact) mass is 277 g/mol. The molecule has 0 atom stereocenters. The average Bonchev–Trinajstić information content (AvgIpc) is 2.71. The number of hydrogen-bond acceptors (Lipinski definition) is 1. The van der Waals surface area contributed by atoms with Crippen LogP contribution in [0, 0.1) is 0 Å². The van der Waals surface area contributed by atoms with Crippen LogP contribution in [0.1, 0.15) is 11.1 Å². The second-order valence-electron chi connectivity index (χ2n) is 4.23. The molecule has 0 aromatic heterocycles. The average molecular weight is 278 g/mol. The van der Waals surface area contributed by atoms with Gasteiger partial charge in [-0.25, -0.2) is 4.58 Å². The molecule has 4 heteroatoms. The topological polar surface area (TPSA) is 29.0 Å². The number of nitrogens with zero attached hydrogens (tertiary/aromatic N) is 1. The normalized spacial score (nSPS) is 13.9. The second-order valence-corrected chi connectivity index (χ2v) is 5.04. The van der Waals surface area contributed by atoms with Crippen molar-refractivity contribution in [3.8, 4) is 0 Å². The molecule has 0 spiro atoms. The highest BCUT2D eigenvalue weighted by molar-refractivity contribution is 6.42. The predicted molar refractivity (Wildman–Crippen MR) is 74.8 cm³/mol. The van der Waals surface area contributed by atoms with E-state index < -0.39 is 0 Å². The van der Waals surface area contributed by atoms with E-state index in [1.165, 1.54) is 5.56 Å². The van der Waals surface area contributed by atoms with Crippen LogP contribution in [0.5, 0.6) is 0 Å². The Hall–Kier alpha value is -1.51. The highest BCUT2D eigenvalue weighted by atomic mass is 35.5.